The standard InChI is InChI=1S/C22H30O5/c1-6-7-8-9-10-14(2)19(23)12-17-20(21(24)26-5)16-11-15(3)27-13-18(16)22(17,4)25/h11-14,25H,6-10H2,1-5H3/b17-12-/t14-,22+/m0/s1. The number of aliphatic hydroxyl groups is 1. The zero-order chi connectivity index (χ0) is 20.2. The molecule has 0 aromatic rings. The first-order chi connectivity index (χ1) is 12.7. The highest BCUT2D eigenvalue weighted by molar-refractivity contribution is 6.03. The fourth-order valence-corrected chi connectivity index (χ4v) is 3.49. The van der Waals surface area contributed by atoms with Crippen LogP contribution in [0, 0.1) is 5.92 Å². The van der Waals surface area contributed by atoms with Gasteiger partial charge in [0.1, 0.15) is 11.4 Å². The summed E-state index contributed by atoms with van der Waals surface area (Å²) in [5, 5.41) is 11.1. The van der Waals surface area contributed by atoms with Crippen molar-refractivity contribution in [1.82, 2.24) is 0 Å². The molecule has 2 atom stereocenters. The van der Waals surface area contributed by atoms with Gasteiger partial charge in [0, 0.05) is 22.6 Å². The molecule has 0 aromatic heterocycles. The molecule has 5 nitrogen and oxygen atoms in total. The Morgan fingerprint density at radius 2 is 2.04 bits per heavy atom. The normalized spacial score (nSPS) is 24.1. The van der Waals surface area contributed by atoms with E-state index in [0.29, 0.717) is 16.9 Å². The first-order valence-electron chi connectivity index (χ1n) is 9.61. The molecule has 5 heteroatoms. The summed E-state index contributed by atoms with van der Waals surface area (Å²) in [5.41, 5.74) is 0.0140. The number of hydrogen-bond acceptors (Lipinski definition) is 5. The predicted molar refractivity (Wildman–Crippen MR) is 104 cm³/mol. The first kappa shape index (κ1) is 21.2. The quantitative estimate of drug-likeness (QED) is 0.393. The van der Waals surface area contributed by atoms with Gasteiger partial charge in [-0.2, -0.15) is 0 Å². The van der Waals surface area contributed by atoms with E-state index in [1.54, 1.807) is 19.9 Å². The number of methoxy groups -OCH3 is 1. The third kappa shape index (κ3) is 4.41. The van der Waals surface area contributed by atoms with E-state index in [4.69, 9.17) is 9.47 Å². The monoisotopic (exact) mass is 374 g/mol. The minimum absolute atomic E-state index is 0.0929. The van der Waals surface area contributed by atoms with Crippen molar-refractivity contribution in [3.8, 4) is 0 Å². The van der Waals surface area contributed by atoms with Gasteiger partial charge in [-0.05, 0) is 32.4 Å². The summed E-state index contributed by atoms with van der Waals surface area (Å²) in [7, 11) is 1.29. The summed E-state index contributed by atoms with van der Waals surface area (Å²) in [6.07, 6.45) is 9.74. The summed E-state index contributed by atoms with van der Waals surface area (Å²) in [5.74, 6) is -0.235. The lowest BCUT2D eigenvalue weighted by molar-refractivity contribution is -0.135. The molecule has 0 fully saturated rings. The number of carbonyl (C=O) groups excluding carboxylic acids is 2. The number of ketones is 1. The second-order valence-corrected chi connectivity index (χ2v) is 7.47. The molecule has 0 aromatic carbocycles. The number of esters is 1. The number of rotatable bonds is 8. The van der Waals surface area contributed by atoms with Crippen LogP contribution >= 0.6 is 0 Å². The van der Waals surface area contributed by atoms with Crippen molar-refractivity contribution in [1.29, 1.82) is 0 Å². The van der Waals surface area contributed by atoms with Crippen LogP contribution in [-0.4, -0.2) is 29.6 Å². The van der Waals surface area contributed by atoms with E-state index in [2.05, 4.69) is 6.92 Å². The van der Waals surface area contributed by atoms with Crippen molar-refractivity contribution in [2.24, 2.45) is 5.92 Å². The van der Waals surface area contributed by atoms with Crippen molar-refractivity contribution >= 4 is 11.8 Å². The molecule has 0 amide bonds. The third-order valence-corrected chi connectivity index (χ3v) is 5.24. The van der Waals surface area contributed by atoms with E-state index >= 15 is 0 Å². The van der Waals surface area contributed by atoms with Gasteiger partial charge in [0.25, 0.3) is 0 Å². The lowest BCUT2D eigenvalue weighted by Crippen LogP contribution is -2.28. The minimum Gasteiger partial charge on any atom is -0.469 e. The Labute approximate surface area is 161 Å². The molecule has 0 bridgehead atoms. The van der Waals surface area contributed by atoms with Crippen molar-refractivity contribution < 1.29 is 24.2 Å². The van der Waals surface area contributed by atoms with Crippen molar-refractivity contribution in [3.63, 3.8) is 0 Å². The molecule has 0 saturated carbocycles. The van der Waals surface area contributed by atoms with Gasteiger partial charge in [0.2, 0.25) is 0 Å². The maximum atomic E-state index is 12.7. The van der Waals surface area contributed by atoms with Gasteiger partial charge in [-0.25, -0.2) is 4.79 Å². The number of allylic oxidation sites excluding steroid dienone is 3. The summed E-state index contributed by atoms with van der Waals surface area (Å²) in [6.45, 7) is 7.36. The van der Waals surface area contributed by atoms with E-state index in [0.717, 1.165) is 32.1 Å². The van der Waals surface area contributed by atoms with Gasteiger partial charge in [0.05, 0.1) is 18.9 Å². The molecule has 2 rings (SSSR count). The molecule has 1 heterocycles. The number of hydrogen-bond donors (Lipinski definition) is 1. The molecule has 0 spiro atoms. The Morgan fingerprint density at radius 1 is 1.33 bits per heavy atom. The van der Waals surface area contributed by atoms with Gasteiger partial charge in [-0.3, -0.25) is 4.79 Å². The van der Waals surface area contributed by atoms with Crippen molar-refractivity contribution in [3.05, 3.63) is 46.5 Å². The van der Waals surface area contributed by atoms with Crippen LogP contribution in [0.2, 0.25) is 0 Å². The molecule has 0 radical (unpaired) electrons. The van der Waals surface area contributed by atoms with Gasteiger partial charge >= 0.3 is 5.97 Å². The average molecular weight is 374 g/mol. The summed E-state index contributed by atoms with van der Waals surface area (Å²) in [4.78, 5) is 25.2. The topological polar surface area (TPSA) is 72.8 Å². The Morgan fingerprint density at radius 3 is 2.67 bits per heavy atom. The van der Waals surface area contributed by atoms with E-state index < -0.39 is 11.6 Å². The summed E-state index contributed by atoms with van der Waals surface area (Å²) >= 11 is 0. The Balaban J connectivity index is 2.36. The van der Waals surface area contributed by atoms with Crippen LogP contribution in [0.5, 0.6) is 0 Å². The van der Waals surface area contributed by atoms with Crippen LogP contribution in [0.25, 0.3) is 0 Å². The predicted octanol–water partition coefficient (Wildman–Crippen LogP) is 4.14. The molecular weight excluding hydrogens is 344 g/mol. The van der Waals surface area contributed by atoms with E-state index in [-0.39, 0.29) is 22.8 Å². The van der Waals surface area contributed by atoms with Gasteiger partial charge in [-0.15, -0.1) is 0 Å². The minimum atomic E-state index is -1.49. The van der Waals surface area contributed by atoms with Crippen LogP contribution in [0.3, 0.4) is 0 Å². The molecule has 1 N–H and O–H groups in total. The van der Waals surface area contributed by atoms with E-state index in [1.165, 1.54) is 19.4 Å². The smallest absolute Gasteiger partial charge is 0.338 e. The second-order valence-electron chi connectivity index (χ2n) is 7.47. The highest BCUT2D eigenvalue weighted by Gasteiger charge is 2.46. The highest BCUT2D eigenvalue weighted by atomic mass is 16.5. The number of unbranched alkanes of at least 4 members (excludes halogenated alkanes) is 3. The average Bonchev–Trinajstić information content (AvgIpc) is 2.84. The molecule has 148 valence electrons. The number of ether oxygens (including phenoxy) is 2. The largest absolute Gasteiger partial charge is 0.469 e. The van der Waals surface area contributed by atoms with Crippen LogP contribution in [0.15, 0.2) is 46.5 Å². The molecule has 0 unspecified atom stereocenters. The lowest BCUT2D eigenvalue weighted by Gasteiger charge is -2.24. The Hall–Kier alpha value is -2.14. The lowest BCUT2D eigenvalue weighted by atomic mass is 9.88. The molecule has 27 heavy (non-hydrogen) atoms. The zero-order valence-electron chi connectivity index (χ0n) is 16.9. The maximum absolute atomic E-state index is 12.7. The van der Waals surface area contributed by atoms with E-state index in [1.807, 2.05) is 6.92 Å². The molecule has 1 aliphatic carbocycles. The van der Waals surface area contributed by atoms with Crippen LogP contribution in [0.4, 0.5) is 0 Å². The van der Waals surface area contributed by atoms with Crippen molar-refractivity contribution in [2.75, 3.05) is 7.11 Å². The zero-order valence-corrected chi connectivity index (χ0v) is 16.9. The van der Waals surface area contributed by atoms with Gasteiger partial charge in [-0.1, -0.05) is 39.5 Å². The fourth-order valence-electron chi connectivity index (χ4n) is 3.49. The summed E-state index contributed by atoms with van der Waals surface area (Å²) in [6, 6.07) is 0. The number of fused-ring (bicyclic) bond motifs is 1. The molecular formula is C22H30O5. The van der Waals surface area contributed by atoms with Gasteiger partial charge < -0.3 is 14.6 Å². The summed E-state index contributed by atoms with van der Waals surface area (Å²) < 4.78 is 10.3. The van der Waals surface area contributed by atoms with Crippen LogP contribution in [0.1, 0.15) is 59.8 Å². The number of carbonyl (C=O) groups is 2. The Bertz CT molecular complexity index is 734. The highest BCUT2D eigenvalue weighted by Crippen LogP contribution is 2.47. The van der Waals surface area contributed by atoms with Crippen LogP contribution < -0.4 is 0 Å². The maximum Gasteiger partial charge on any atom is 0.338 e. The molecule has 0 saturated heterocycles. The second kappa shape index (κ2) is 8.70. The molecule has 1 aliphatic heterocycles. The van der Waals surface area contributed by atoms with Gasteiger partial charge in [0.15, 0.2) is 5.78 Å². The third-order valence-electron chi connectivity index (χ3n) is 5.24. The fraction of sp³-hybridized carbons (Fsp3) is 0.545. The Kier molecular flexibility index (Phi) is 6.82. The SMILES string of the molecule is CCCCCC[C@H](C)C(=O)/C=C1/C(C(=O)OC)=C2C=C(C)OC=C2[C@]1(C)O. The van der Waals surface area contributed by atoms with E-state index in [9.17, 15) is 14.7 Å². The first-order valence-corrected chi connectivity index (χ1v) is 9.61. The molecule has 2 aliphatic rings. The van der Waals surface area contributed by atoms with Crippen LogP contribution in [-0.2, 0) is 19.1 Å². The van der Waals surface area contributed by atoms with Crippen molar-refractivity contribution in [2.45, 2.75) is 65.4 Å².